The first kappa shape index (κ1) is 12.1. The average Bonchev–Trinajstić information content (AvgIpc) is 2.90. The molecule has 0 atom stereocenters. The molecule has 1 aliphatic heterocycles. The first-order chi connectivity index (χ1) is 8.75. The van der Waals surface area contributed by atoms with E-state index in [9.17, 15) is 5.11 Å². The fourth-order valence-corrected chi connectivity index (χ4v) is 2.93. The first-order valence-electron chi connectivity index (χ1n) is 6.17. The molecule has 0 spiro atoms. The van der Waals surface area contributed by atoms with E-state index < -0.39 is 5.60 Å². The van der Waals surface area contributed by atoms with E-state index >= 15 is 0 Å². The van der Waals surface area contributed by atoms with Crippen LogP contribution in [0.2, 0.25) is 0 Å². The van der Waals surface area contributed by atoms with Crippen LogP contribution < -0.4 is 5.32 Å². The van der Waals surface area contributed by atoms with Gasteiger partial charge in [0, 0.05) is 56.9 Å². The number of imidazole rings is 1. The van der Waals surface area contributed by atoms with Gasteiger partial charge in [0.15, 0.2) is 4.96 Å². The summed E-state index contributed by atoms with van der Waals surface area (Å²) in [5, 5.41) is 15.6. The number of rotatable bonds is 4. The number of aromatic nitrogens is 2. The molecule has 0 radical (unpaired) electrons. The van der Waals surface area contributed by atoms with Gasteiger partial charge in [-0.05, 0) is 0 Å². The quantitative estimate of drug-likeness (QED) is 0.868. The van der Waals surface area contributed by atoms with Gasteiger partial charge in [0.1, 0.15) is 0 Å². The predicted molar refractivity (Wildman–Crippen MR) is 69.8 cm³/mol. The third-order valence-corrected chi connectivity index (χ3v) is 4.10. The summed E-state index contributed by atoms with van der Waals surface area (Å²) in [7, 11) is 0. The van der Waals surface area contributed by atoms with Crippen molar-refractivity contribution >= 4 is 16.3 Å². The first-order valence-corrected chi connectivity index (χ1v) is 7.05. The molecule has 2 aromatic heterocycles. The van der Waals surface area contributed by atoms with E-state index in [1.54, 1.807) is 11.3 Å². The number of fused-ring (bicyclic) bond motifs is 1. The number of thiazole rings is 1. The van der Waals surface area contributed by atoms with Crippen LogP contribution >= 0.6 is 11.3 Å². The third kappa shape index (κ3) is 2.56. The number of ether oxygens (including phenoxy) is 1. The van der Waals surface area contributed by atoms with Crippen LogP contribution in [0.3, 0.4) is 0 Å². The summed E-state index contributed by atoms with van der Waals surface area (Å²) in [5.41, 5.74) is 0.396. The number of nitrogens with one attached hydrogen (secondary N) is 1. The third-order valence-electron chi connectivity index (χ3n) is 3.33. The predicted octanol–water partition coefficient (Wildman–Crippen LogP) is 1.03. The van der Waals surface area contributed by atoms with Crippen molar-refractivity contribution in [2.24, 2.45) is 0 Å². The second kappa shape index (κ2) is 4.97. The lowest BCUT2D eigenvalue weighted by Crippen LogP contribution is -2.44. The van der Waals surface area contributed by atoms with Crippen molar-refractivity contribution in [3.05, 3.63) is 23.5 Å². The van der Waals surface area contributed by atoms with E-state index in [-0.39, 0.29) is 0 Å². The molecule has 0 amide bonds. The second-order valence-electron chi connectivity index (χ2n) is 4.77. The molecule has 98 valence electrons. The Morgan fingerprint density at radius 2 is 2.33 bits per heavy atom. The Kier molecular flexibility index (Phi) is 3.34. The zero-order valence-electron chi connectivity index (χ0n) is 10.1. The molecule has 0 unspecified atom stereocenters. The maximum absolute atomic E-state index is 10.3. The van der Waals surface area contributed by atoms with E-state index in [0.29, 0.717) is 39.1 Å². The summed E-state index contributed by atoms with van der Waals surface area (Å²) in [5.74, 6) is 0. The van der Waals surface area contributed by atoms with E-state index in [4.69, 9.17) is 4.74 Å². The van der Waals surface area contributed by atoms with E-state index in [1.165, 1.54) is 0 Å². The van der Waals surface area contributed by atoms with Crippen LogP contribution in [-0.4, -0.2) is 39.9 Å². The highest BCUT2D eigenvalue weighted by molar-refractivity contribution is 7.15. The number of aliphatic hydroxyl groups is 1. The highest BCUT2D eigenvalue weighted by atomic mass is 32.1. The Labute approximate surface area is 109 Å². The van der Waals surface area contributed by atoms with Crippen molar-refractivity contribution < 1.29 is 9.84 Å². The molecule has 18 heavy (non-hydrogen) atoms. The molecule has 2 aromatic rings. The van der Waals surface area contributed by atoms with Crippen molar-refractivity contribution in [3.63, 3.8) is 0 Å². The fraction of sp³-hybridized carbons (Fsp3) is 0.583. The van der Waals surface area contributed by atoms with Crippen molar-refractivity contribution in [3.8, 4) is 0 Å². The molecule has 0 bridgehead atoms. The van der Waals surface area contributed by atoms with Crippen molar-refractivity contribution in [2.75, 3.05) is 19.8 Å². The molecule has 0 aromatic carbocycles. The molecule has 6 heteroatoms. The Bertz CT molecular complexity index is 488. The normalized spacial score (nSPS) is 19.4. The lowest BCUT2D eigenvalue weighted by atomic mass is 9.94. The van der Waals surface area contributed by atoms with Crippen molar-refractivity contribution in [1.29, 1.82) is 0 Å². The number of hydrogen-bond donors (Lipinski definition) is 2. The maximum Gasteiger partial charge on any atom is 0.193 e. The summed E-state index contributed by atoms with van der Waals surface area (Å²) >= 11 is 1.63. The molecular formula is C12H17N3O2S. The van der Waals surface area contributed by atoms with Crippen LogP contribution in [0.15, 0.2) is 17.8 Å². The number of hydrogen-bond acceptors (Lipinski definition) is 5. The lowest BCUT2D eigenvalue weighted by Gasteiger charge is -2.32. The molecule has 3 rings (SSSR count). The largest absolute Gasteiger partial charge is 0.388 e. The van der Waals surface area contributed by atoms with Crippen LogP contribution in [0.1, 0.15) is 18.5 Å². The monoisotopic (exact) mass is 267 g/mol. The Balaban J connectivity index is 1.53. The highest BCUT2D eigenvalue weighted by Crippen LogP contribution is 2.19. The van der Waals surface area contributed by atoms with Crippen LogP contribution in [0.25, 0.3) is 4.96 Å². The Hall–Kier alpha value is -0.950. The minimum Gasteiger partial charge on any atom is -0.388 e. The standard InChI is InChI=1S/C12H17N3O2S/c16-12(1-4-17-5-2-12)9-13-7-10-8-15-3-6-18-11(15)14-10/h3,6,8,13,16H,1-2,4-5,7,9H2. The molecule has 1 aliphatic rings. The van der Waals surface area contributed by atoms with E-state index in [1.807, 2.05) is 22.2 Å². The van der Waals surface area contributed by atoms with Crippen molar-refractivity contribution in [2.45, 2.75) is 25.0 Å². The van der Waals surface area contributed by atoms with Gasteiger partial charge in [-0.3, -0.25) is 4.40 Å². The van der Waals surface area contributed by atoms with Gasteiger partial charge in [0.05, 0.1) is 11.3 Å². The molecule has 0 saturated carbocycles. The molecule has 5 nitrogen and oxygen atoms in total. The van der Waals surface area contributed by atoms with Gasteiger partial charge in [-0.1, -0.05) is 0 Å². The smallest absolute Gasteiger partial charge is 0.193 e. The number of nitrogens with zero attached hydrogens (tertiary/aromatic N) is 2. The minimum atomic E-state index is -0.616. The molecule has 1 saturated heterocycles. The van der Waals surface area contributed by atoms with Crippen LogP contribution in [0.4, 0.5) is 0 Å². The van der Waals surface area contributed by atoms with Gasteiger partial charge in [-0.25, -0.2) is 4.98 Å². The Morgan fingerprint density at radius 1 is 1.50 bits per heavy atom. The maximum atomic E-state index is 10.3. The van der Waals surface area contributed by atoms with Crippen LogP contribution in [0, 0.1) is 0 Å². The highest BCUT2D eigenvalue weighted by Gasteiger charge is 2.29. The topological polar surface area (TPSA) is 58.8 Å². The van der Waals surface area contributed by atoms with Crippen molar-refractivity contribution in [1.82, 2.24) is 14.7 Å². The van der Waals surface area contributed by atoms with E-state index in [2.05, 4.69) is 10.3 Å². The van der Waals surface area contributed by atoms with Gasteiger partial charge >= 0.3 is 0 Å². The fourth-order valence-electron chi connectivity index (χ4n) is 2.21. The molecule has 2 N–H and O–H groups in total. The van der Waals surface area contributed by atoms with Gasteiger partial charge in [-0.15, -0.1) is 11.3 Å². The van der Waals surface area contributed by atoms with E-state index in [0.717, 1.165) is 10.7 Å². The van der Waals surface area contributed by atoms with Crippen LogP contribution in [-0.2, 0) is 11.3 Å². The average molecular weight is 267 g/mol. The lowest BCUT2D eigenvalue weighted by molar-refractivity contribution is -0.0617. The summed E-state index contributed by atoms with van der Waals surface area (Å²) < 4.78 is 7.28. The minimum absolute atomic E-state index is 0.599. The SMILES string of the molecule is OC1(CNCc2cn3ccsc3n2)CCOCC1. The molecule has 1 fully saturated rings. The molecule has 0 aliphatic carbocycles. The van der Waals surface area contributed by atoms with Gasteiger partial charge < -0.3 is 15.2 Å². The molecular weight excluding hydrogens is 250 g/mol. The second-order valence-corrected chi connectivity index (χ2v) is 5.64. The summed E-state index contributed by atoms with van der Waals surface area (Å²) in [6.07, 6.45) is 5.44. The Morgan fingerprint density at radius 3 is 3.11 bits per heavy atom. The summed E-state index contributed by atoms with van der Waals surface area (Å²) in [6.45, 7) is 2.59. The summed E-state index contributed by atoms with van der Waals surface area (Å²) in [4.78, 5) is 5.50. The zero-order valence-corrected chi connectivity index (χ0v) is 10.9. The molecule has 3 heterocycles. The summed E-state index contributed by atoms with van der Waals surface area (Å²) in [6, 6.07) is 0. The van der Waals surface area contributed by atoms with Gasteiger partial charge in [0.25, 0.3) is 0 Å². The van der Waals surface area contributed by atoms with Gasteiger partial charge in [-0.2, -0.15) is 0 Å². The van der Waals surface area contributed by atoms with Crippen LogP contribution in [0.5, 0.6) is 0 Å². The van der Waals surface area contributed by atoms with Gasteiger partial charge in [0.2, 0.25) is 0 Å². The zero-order chi connectivity index (χ0) is 12.4.